The summed E-state index contributed by atoms with van der Waals surface area (Å²) >= 11 is 0. The first-order valence-corrected chi connectivity index (χ1v) is 6.15. The Morgan fingerprint density at radius 2 is 1.73 bits per heavy atom. The van der Waals surface area contributed by atoms with Crippen molar-refractivity contribution >= 4 is 6.34 Å². The molecule has 0 fully saturated rings. The molecule has 0 saturated heterocycles. The highest BCUT2D eigenvalue weighted by atomic mass is 15.1. The highest BCUT2D eigenvalue weighted by Crippen LogP contribution is 2.25. The van der Waals surface area contributed by atoms with Crippen LogP contribution in [0.3, 0.4) is 0 Å². The average Bonchev–Trinajstić information content (AvgIpc) is 2.10. The van der Waals surface area contributed by atoms with Crippen LogP contribution in [0.25, 0.3) is 0 Å². The van der Waals surface area contributed by atoms with Gasteiger partial charge in [0.25, 0.3) is 0 Å². The Morgan fingerprint density at radius 1 is 1.20 bits per heavy atom. The van der Waals surface area contributed by atoms with Crippen LogP contribution in [0.2, 0.25) is 0 Å². The zero-order chi connectivity index (χ0) is 11.9. The van der Waals surface area contributed by atoms with Crippen molar-refractivity contribution in [1.82, 2.24) is 4.90 Å². The van der Waals surface area contributed by atoms with Crippen LogP contribution >= 0.6 is 0 Å². The third-order valence-corrected chi connectivity index (χ3v) is 2.54. The molecule has 15 heavy (non-hydrogen) atoms. The number of hydrogen-bond acceptors (Lipinski definition) is 1. The summed E-state index contributed by atoms with van der Waals surface area (Å²) in [6.45, 7) is 16.5. The van der Waals surface area contributed by atoms with E-state index in [1.165, 1.54) is 6.42 Å². The average molecular weight is 212 g/mol. The fourth-order valence-corrected chi connectivity index (χ4v) is 1.96. The third-order valence-electron chi connectivity index (χ3n) is 2.54. The molecule has 0 aliphatic rings. The Bertz CT molecular complexity index is 179. The minimum absolute atomic E-state index is 0.331. The van der Waals surface area contributed by atoms with Gasteiger partial charge in [0.2, 0.25) is 0 Å². The second-order valence-electron chi connectivity index (χ2n) is 5.44. The lowest BCUT2D eigenvalue weighted by molar-refractivity contribution is 0.297. The molecule has 0 N–H and O–H groups in total. The van der Waals surface area contributed by atoms with E-state index in [-0.39, 0.29) is 0 Å². The zero-order valence-electron chi connectivity index (χ0n) is 11.4. The molecule has 0 radical (unpaired) electrons. The van der Waals surface area contributed by atoms with Gasteiger partial charge in [-0.05, 0) is 31.6 Å². The van der Waals surface area contributed by atoms with Crippen molar-refractivity contribution in [1.29, 1.82) is 0 Å². The summed E-state index contributed by atoms with van der Waals surface area (Å²) in [6, 6.07) is 0. The van der Waals surface area contributed by atoms with Crippen molar-refractivity contribution in [2.24, 2.45) is 16.3 Å². The maximum atomic E-state index is 4.54. The van der Waals surface area contributed by atoms with E-state index in [9.17, 15) is 0 Å². The van der Waals surface area contributed by atoms with Crippen molar-refractivity contribution in [3.8, 4) is 0 Å². The quantitative estimate of drug-likeness (QED) is 0.466. The van der Waals surface area contributed by atoms with E-state index in [1.807, 2.05) is 6.34 Å². The molecule has 0 bridgehead atoms. The molecule has 0 unspecified atom stereocenters. The highest BCUT2D eigenvalue weighted by Gasteiger charge is 2.18. The summed E-state index contributed by atoms with van der Waals surface area (Å²) in [5.41, 5.74) is 0.331. The number of aliphatic imine (C=N–C) groups is 1. The van der Waals surface area contributed by atoms with Crippen LogP contribution in [-0.4, -0.2) is 30.9 Å². The Balaban J connectivity index is 4.01. The molecule has 0 aromatic heterocycles. The molecule has 2 nitrogen and oxygen atoms in total. The molecule has 0 saturated carbocycles. The number of rotatable bonds is 7. The minimum Gasteiger partial charge on any atom is -0.364 e. The summed E-state index contributed by atoms with van der Waals surface area (Å²) < 4.78 is 0. The van der Waals surface area contributed by atoms with Crippen LogP contribution in [0.15, 0.2) is 4.99 Å². The maximum absolute atomic E-state index is 4.54. The van der Waals surface area contributed by atoms with E-state index in [1.54, 1.807) is 0 Å². The van der Waals surface area contributed by atoms with Gasteiger partial charge in [-0.3, -0.25) is 4.99 Å². The van der Waals surface area contributed by atoms with Crippen LogP contribution in [-0.2, 0) is 0 Å². The highest BCUT2D eigenvalue weighted by molar-refractivity contribution is 5.54. The van der Waals surface area contributed by atoms with E-state index >= 15 is 0 Å². The zero-order valence-corrected chi connectivity index (χ0v) is 11.4. The van der Waals surface area contributed by atoms with E-state index in [2.05, 4.69) is 51.4 Å². The number of nitrogens with zero attached hydrogens (tertiary/aromatic N) is 2. The molecular formula is C13H28N2. The second-order valence-corrected chi connectivity index (χ2v) is 5.44. The summed E-state index contributed by atoms with van der Waals surface area (Å²) in [4.78, 5) is 6.77. The molecule has 0 spiro atoms. The van der Waals surface area contributed by atoms with Crippen molar-refractivity contribution < 1.29 is 0 Å². The molecule has 0 aromatic rings. The van der Waals surface area contributed by atoms with Gasteiger partial charge in [0.15, 0.2) is 0 Å². The Morgan fingerprint density at radius 3 is 2.13 bits per heavy atom. The minimum atomic E-state index is 0.331. The first kappa shape index (κ1) is 14.5. The molecular weight excluding hydrogens is 184 g/mol. The van der Waals surface area contributed by atoms with Crippen molar-refractivity contribution in [3.05, 3.63) is 0 Å². The molecule has 0 aliphatic carbocycles. The summed E-state index contributed by atoms with van der Waals surface area (Å²) in [5.74, 6) is 0.753. The van der Waals surface area contributed by atoms with Gasteiger partial charge < -0.3 is 4.90 Å². The van der Waals surface area contributed by atoms with Gasteiger partial charge in [-0.2, -0.15) is 0 Å². The van der Waals surface area contributed by atoms with E-state index in [4.69, 9.17) is 0 Å². The van der Waals surface area contributed by atoms with Gasteiger partial charge in [0.05, 0.1) is 6.34 Å². The van der Waals surface area contributed by atoms with E-state index in [0.717, 1.165) is 25.6 Å². The summed E-state index contributed by atoms with van der Waals surface area (Å²) in [7, 11) is 0. The molecule has 0 heterocycles. The fourth-order valence-electron chi connectivity index (χ4n) is 1.96. The van der Waals surface area contributed by atoms with Crippen LogP contribution < -0.4 is 0 Å². The van der Waals surface area contributed by atoms with Crippen LogP contribution in [0, 0.1) is 11.3 Å². The molecule has 0 rings (SSSR count). The van der Waals surface area contributed by atoms with Crippen molar-refractivity contribution in [2.45, 2.75) is 48.0 Å². The first-order valence-electron chi connectivity index (χ1n) is 6.15. The predicted octanol–water partition coefficient (Wildman–Crippen LogP) is 3.43. The molecule has 0 atom stereocenters. The topological polar surface area (TPSA) is 15.6 Å². The van der Waals surface area contributed by atoms with Gasteiger partial charge in [-0.1, -0.05) is 27.7 Å². The lowest BCUT2D eigenvalue weighted by Gasteiger charge is -2.25. The first-order chi connectivity index (χ1) is 6.91. The van der Waals surface area contributed by atoms with Crippen LogP contribution in [0.1, 0.15) is 48.0 Å². The SMILES string of the molecule is CCN(C=NCC(C)(C)CC(C)C)CC. The largest absolute Gasteiger partial charge is 0.364 e. The molecule has 90 valence electrons. The molecule has 0 amide bonds. The standard InChI is InChI=1S/C13H28N2/c1-7-15(8-2)11-14-10-13(5,6)9-12(3)4/h11-12H,7-10H2,1-6H3. The predicted molar refractivity (Wildman–Crippen MR) is 69.5 cm³/mol. The normalized spacial score (nSPS) is 12.7. The maximum Gasteiger partial charge on any atom is 0.0849 e. The second kappa shape index (κ2) is 6.86. The van der Waals surface area contributed by atoms with Crippen LogP contribution in [0.4, 0.5) is 0 Å². The third kappa shape index (κ3) is 7.40. The molecule has 0 aromatic carbocycles. The Hall–Kier alpha value is -0.530. The number of hydrogen-bond donors (Lipinski definition) is 0. The van der Waals surface area contributed by atoms with E-state index < -0.39 is 0 Å². The molecule has 2 heteroatoms. The summed E-state index contributed by atoms with van der Waals surface area (Å²) in [5, 5.41) is 0. The van der Waals surface area contributed by atoms with E-state index in [0.29, 0.717) is 5.41 Å². The monoisotopic (exact) mass is 212 g/mol. The van der Waals surface area contributed by atoms with Gasteiger partial charge in [-0.25, -0.2) is 0 Å². The van der Waals surface area contributed by atoms with Gasteiger partial charge in [-0.15, -0.1) is 0 Å². The van der Waals surface area contributed by atoms with Gasteiger partial charge in [0.1, 0.15) is 0 Å². The Labute approximate surface area is 95.8 Å². The van der Waals surface area contributed by atoms with Crippen LogP contribution in [0.5, 0.6) is 0 Å². The fraction of sp³-hybridized carbons (Fsp3) is 0.923. The van der Waals surface area contributed by atoms with Gasteiger partial charge in [0, 0.05) is 19.6 Å². The molecule has 0 aliphatic heterocycles. The smallest absolute Gasteiger partial charge is 0.0849 e. The van der Waals surface area contributed by atoms with Crippen molar-refractivity contribution in [3.63, 3.8) is 0 Å². The van der Waals surface area contributed by atoms with Gasteiger partial charge >= 0.3 is 0 Å². The lowest BCUT2D eigenvalue weighted by Crippen LogP contribution is -2.23. The lowest BCUT2D eigenvalue weighted by atomic mass is 9.84. The summed E-state index contributed by atoms with van der Waals surface area (Å²) in [6.07, 6.45) is 3.24. The van der Waals surface area contributed by atoms with Crippen molar-refractivity contribution in [2.75, 3.05) is 19.6 Å². The Kier molecular flexibility index (Phi) is 6.62.